The number of benzene rings is 1. The first-order valence-electron chi connectivity index (χ1n) is 5.55. The quantitative estimate of drug-likeness (QED) is 0.780. The Hall–Kier alpha value is -1.61. The molecular formula is C13H13NO2. The number of H-pyrrole nitrogens is 1. The zero-order valence-electron chi connectivity index (χ0n) is 9.12. The summed E-state index contributed by atoms with van der Waals surface area (Å²) in [5, 5.41) is 1.08. The Labute approximate surface area is 93.1 Å². The number of hydrogen-bond acceptors (Lipinski definition) is 2. The molecule has 3 heteroatoms. The van der Waals surface area contributed by atoms with Gasteiger partial charge >= 0.3 is 0 Å². The Morgan fingerprint density at radius 1 is 1.44 bits per heavy atom. The zero-order chi connectivity index (χ0) is 11.1. The standard InChI is InChI=1S/C13H13NO2/c1-2-8-5-9-3-4-10(12-7-16-12)6-11(9)14-13(8)15/h3-6,12H,2,7H2,1H3,(H,14,15). The van der Waals surface area contributed by atoms with Gasteiger partial charge in [-0.1, -0.05) is 19.1 Å². The topological polar surface area (TPSA) is 45.4 Å². The predicted molar refractivity (Wildman–Crippen MR) is 62.6 cm³/mol. The van der Waals surface area contributed by atoms with Gasteiger partial charge in [-0.3, -0.25) is 4.79 Å². The van der Waals surface area contributed by atoms with Crippen molar-refractivity contribution in [2.75, 3.05) is 6.61 Å². The number of nitrogens with one attached hydrogen (secondary N) is 1. The molecule has 1 aromatic heterocycles. The average molecular weight is 215 g/mol. The Bertz CT molecular complexity index is 596. The SMILES string of the molecule is CCc1cc2ccc(C3CO3)cc2[nH]c1=O. The summed E-state index contributed by atoms with van der Waals surface area (Å²) < 4.78 is 5.23. The summed E-state index contributed by atoms with van der Waals surface area (Å²) in [6.07, 6.45) is 0.998. The number of fused-ring (bicyclic) bond motifs is 1. The molecule has 82 valence electrons. The smallest absolute Gasteiger partial charge is 0.251 e. The molecular weight excluding hydrogens is 202 g/mol. The van der Waals surface area contributed by atoms with Gasteiger partial charge in [-0.25, -0.2) is 0 Å². The van der Waals surface area contributed by atoms with E-state index >= 15 is 0 Å². The van der Waals surface area contributed by atoms with E-state index in [9.17, 15) is 4.79 Å². The van der Waals surface area contributed by atoms with Crippen LogP contribution in [0, 0.1) is 0 Å². The van der Waals surface area contributed by atoms with Crippen LogP contribution in [0.15, 0.2) is 29.1 Å². The van der Waals surface area contributed by atoms with E-state index in [4.69, 9.17) is 4.74 Å². The van der Waals surface area contributed by atoms with Crippen LogP contribution in [0.2, 0.25) is 0 Å². The van der Waals surface area contributed by atoms with Crippen LogP contribution in [0.25, 0.3) is 10.9 Å². The summed E-state index contributed by atoms with van der Waals surface area (Å²) in [6, 6.07) is 8.08. The van der Waals surface area contributed by atoms with E-state index in [1.165, 1.54) is 0 Å². The van der Waals surface area contributed by atoms with Crippen LogP contribution in [-0.2, 0) is 11.2 Å². The van der Waals surface area contributed by atoms with Gasteiger partial charge in [-0.15, -0.1) is 0 Å². The molecule has 1 aromatic carbocycles. The molecule has 1 fully saturated rings. The number of rotatable bonds is 2. The van der Waals surface area contributed by atoms with Crippen LogP contribution < -0.4 is 5.56 Å². The summed E-state index contributed by atoms with van der Waals surface area (Å²) in [7, 11) is 0. The van der Waals surface area contributed by atoms with Gasteiger partial charge in [0.15, 0.2) is 0 Å². The molecule has 1 N–H and O–H groups in total. The Morgan fingerprint density at radius 2 is 2.25 bits per heavy atom. The summed E-state index contributed by atoms with van der Waals surface area (Å²) in [6.45, 7) is 2.78. The van der Waals surface area contributed by atoms with Crippen molar-refractivity contribution in [1.82, 2.24) is 4.98 Å². The van der Waals surface area contributed by atoms with Crippen LogP contribution in [0.1, 0.15) is 24.2 Å². The second-order valence-electron chi connectivity index (χ2n) is 4.15. The maximum absolute atomic E-state index is 11.7. The highest BCUT2D eigenvalue weighted by Crippen LogP contribution is 2.31. The highest BCUT2D eigenvalue weighted by molar-refractivity contribution is 5.79. The minimum absolute atomic E-state index is 0.0175. The number of epoxide rings is 1. The fraction of sp³-hybridized carbons (Fsp3) is 0.308. The van der Waals surface area contributed by atoms with E-state index < -0.39 is 0 Å². The Morgan fingerprint density at radius 3 is 2.94 bits per heavy atom. The van der Waals surface area contributed by atoms with E-state index in [-0.39, 0.29) is 11.7 Å². The van der Waals surface area contributed by atoms with E-state index in [1.807, 2.05) is 25.1 Å². The number of aryl methyl sites for hydroxylation is 1. The van der Waals surface area contributed by atoms with Gasteiger partial charge in [0.1, 0.15) is 6.10 Å². The minimum Gasteiger partial charge on any atom is -0.368 e. The summed E-state index contributed by atoms with van der Waals surface area (Å²) in [5.74, 6) is 0. The third-order valence-electron chi connectivity index (χ3n) is 3.03. The van der Waals surface area contributed by atoms with Crippen molar-refractivity contribution >= 4 is 10.9 Å². The highest BCUT2D eigenvalue weighted by atomic mass is 16.6. The average Bonchev–Trinajstić information content (AvgIpc) is 3.11. The number of pyridine rings is 1. The van der Waals surface area contributed by atoms with Crippen molar-refractivity contribution in [3.05, 3.63) is 45.7 Å². The molecule has 0 amide bonds. The normalized spacial score (nSPS) is 18.9. The lowest BCUT2D eigenvalue weighted by molar-refractivity contribution is 0.416. The van der Waals surface area contributed by atoms with E-state index in [2.05, 4.69) is 11.1 Å². The first kappa shape index (κ1) is 9.60. The van der Waals surface area contributed by atoms with Crippen LogP contribution in [0.4, 0.5) is 0 Å². The first-order valence-corrected chi connectivity index (χ1v) is 5.55. The van der Waals surface area contributed by atoms with Crippen molar-refractivity contribution < 1.29 is 4.74 Å². The maximum Gasteiger partial charge on any atom is 0.251 e. The van der Waals surface area contributed by atoms with Crippen LogP contribution >= 0.6 is 0 Å². The molecule has 1 aliphatic rings. The fourth-order valence-corrected chi connectivity index (χ4v) is 1.97. The monoisotopic (exact) mass is 215 g/mol. The lowest BCUT2D eigenvalue weighted by Crippen LogP contribution is -2.11. The molecule has 3 rings (SSSR count). The van der Waals surface area contributed by atoms with E-state index in [0.29, 0.717) is 0 Å². The van der Waals surface area contributed by atoms with Crippen LogP contribution in [-0.4, -0.2) is 11.6 Å². The number of hydrogen-bond donors (Lipinski definition) is 1. The highest BCUT2D eigenvalue weighted by Gasteiger charge is 2.24. The summed E-state index contributed by atoms with van der Waals surface area (Å²) in [5.41, 5.74) is 2.90. The molecule has 0 spiro atoms. The van der Waals surface area contributed by atoms with Crippen molar-refractivity contribution in [1.29, 1.82) is 0 Å². The van der Waals surface area contributed by atoms with Gasteiger partial charge in [-0.05, 0) is 29.5 Å². The second-order valence-corrected chi connectivity index (χ2v) is 4.15. The molecule has 16 heavy (non-hydrogen) atoms. The van der Waals surface area contributed by atoms with Crippen LogP contribution in [0.5, 0.6) is 0 Å². The molecule has 0 bridgehead atoms. The molecule has 0 saturated carbocycles. The molecule has 0 radical (unpaired) electrons. The van der Waals surface area contributed by atoms with Gasteiger partial charge in [0, 0.05) is 11.1 Å². The van der Waals surface area contributed by atoms with E-state index in [0.717, 1.165) is 35.1 Å². The molecule has 1 atom stereocenters. The lowest BCUT2D eigenvalue weighted by Gasteiger charge is -2.03. The maximum atomic E-state index is 11.7. The lowest BCUT2D eigenvalue weighted by atomic mass is 10.1. The van der Waals surface area contributed by atoms with Crippen molar-refractivity contribution in [3.63, 3.8) is 0 Å². The predicted octanol–water partition coefficient (Wildman–Crippen LogP) is 2.16. The molecule has 0 aliphatic carbocycles. The van der Waals surface area contributed by atoms with Crippen molar-refractivity contribution in [2.45, 2.75) is 19.4 Å². The number of ether oxygens (including phenoxy) is 1. The van der Waals surface area contributed by atoms with Gasteiger partial charge in [0.25, 0.3) is 5.56 Å². The number of aromatic amines is 1. The number of aromatic nitrogens is 1. The first-order chi connectivity index (χ1) is 7.78. The van der Waals surface area contributed by atoms with Crippen molar-refractivity contribution in [3.8, 4) is 0 Å². The van der Waals surface area contributed by atoms with Gasteiger partial charge < -0.3 is 9.72 Å². The molecule has 1 aliphatic heterocycles. The summed E-state index contributed by atoms with van der Waals surface area (Å²) in [4.78, 5) is 14.6. The van der Waals surface area contributed by atoms with Crippen LogP contribution in [0.3, 0.4) is 0 Å². The van der Waals surface area contributed by atoms with Gasteiger partial charge in [-0.2, -0.15) is 0 Å². The molecule has 1 unspecified atom stereocenters. The minimum atomic E-state index is 0.0175. The Balaban J connectivity index is 2.20. The van der Waals surface area contributed by atoms with Crippen molar-refractivity contribution in [2.24, 2.45) is 0 Å². The third-order valence-corrected chi connectivity index (χ3v) is 3.03. The largest absolute Gasteiger partial charge is 0.368 e. The summed E-state index contributed by atoms with van der Waals surface area (Å²) >= 11 is 0. The zero-order valence-corrected chi connectivity index (χ0v) is 9.12. The molecule has 2 heterocycles. The Kier molecular flexibility index (Phi) is 2.07. The van der Waals surface area contributed by atoms with Gasteiger partial charge in [0.05, 0.1) is 6.61 Å². The fourth-order valence-electron chi connectivity index (χ4n) is 1.97. The molecule has 2 aromatic rings. The van der Waals surface area contributed by atoms with Gasteiger partial charge in [0.2, 0.25) is 0 Å². The van der Waals surface area contributed by atoms with E-state index in [1.54, 1.807) is 0 Å². The molecule has 3 nitrogen and oxygen atoms in total. The molecule has 1 saturated heterocycles. The third kappa shape index (κ3) is 1.53. The second kappa shape index (κ2) is 3.46.